The van der Waals surface area contributed by atoms with Crippen molar-refractivity contribution >= 4 is 5.97 Å². The van der Waals surface area contributed by atoms with Crippen molar-refractivity contribution in [2.75, 3.05) is 20.4 Å². The number of carbonyl (C=O) groups is 1. The first-order valence-corrected chi connectivity index (χ1v) is 3.87. The third-order valence-electron chi connectivity index (χ3n) is 1.36. The summed E-state index contributed by atoms with van der Waals surface area (Å²) in [4.78, 5) is 18.5. The Balaban J connectivity index is 2.85. The Morgan fingerprint density at radius 1 is 1.50 bits per heavy atom. The van der Waals surface area contributed by atoms with E-state index in [1.54, 1.807) is 0 Å². The van der Waals surface area contributed by atoms with Crippen LogP contribution in [0, 0.1) is 0 Å². The Kier molecular flexibility index (Phi) is 3.78. The molecule has 0 atom stereocenters. The van der Waals surface area contributed by atoms with Gasteiger partial charge in [-0.05, 0) is 0 Å². The Morgan fingerprint density at radius 2 is 2.21 bits per heavy atom. The van der Waals surface area contributed by atoms with E-state index in [9.17, 15) is 9.18 Å². The fourth-order valence-corrected chi connectivity index (χ4v) is 0.803. The summed E-state index contributed by atoms with van der Waals surface area (Å²) in [6, 6.07) is 0. The van der Waals surface area contributed by atoms with Crippen molar-refractivity contribution in [3.05, 3.63) is 18.1 Å². The standard InChI is InChI=1S/C8H9FN2O3/c1-13-8(12)6-7(14-5-2-9)11-4-3-10-6/h3-4H,2,5H2,1H3. The van der Waals surface area contributed by atoms with Gasteiger partial charge >= 0.3 is 5.97 Å². The summed E-state index contributed by atoms with van der Waals surface area (Å²) in [5.74, 6) is -0.677. The van der Waals surface area contributed by atoms with Crippen LogP contribution in [0.3, 0.4) is 0 Å². The van der Waals surface area contributed by atoms with Crippen LogP contribution >= 0.6 is 0 Å². The van der Waals surface area contributed by atoms with Gasteiger partial charge in [0, 0.05) is 12.4 Å². The van der Waals surface area contributed by atoms with Gasteiger partial charge in [0.05, 0.1) is 7.11 Å². The quantitative estimate of drug-likeness (QED) is 0.666. The first-order valence-electron chi connectivity index (χ1n) is 3.87. The molecule has 0 amide bonds. The molecule has 0 spiro atoms. The lowest BCUT2D eigenvalue weighted by Crippen LogP contribution is -2.10. The third kappa shape index (κ3) is 2.38. The average Bonchev–Trinajstić information content (AvgIpc) is 2.25. The third-order valence-corrected chi connectivity index (χ3v) is 1.36. The minimum absolute atomic E-state index is 0.0167. The maximum Gasteiger partial charge on any atom is 0.362 e. The van der Waals surface area contributed by atoms with Crippen molar-refractivity contribution in [1.82, 2.24) is 9.97 Å². The van der Waals surface area contributed by atoms with E-state index in [1.165, 1.54) is 19.5 Å². The van der Waals surface area contributed by atoms with Crippen molar-refractivity contribution in [3.8, 4) is 5.88 Å². The van der Waals surface area contributed by atoms with E-state index < -0.39 is 12.6 Å². The van der Waals surface area contributed by atoms with Gasteiger partial charge in [-0.25, -0.2) is 19.2 Å². The molecule has 0 aliphatic carbocycles. The average molecular weight is 200 g/mol. The van der Waals surface area contributed by atoms with Gasteiger partial charge in [0.15, 0.2) is 0 Å². The molecule has 1 aromatic heterocycles. The number of alkyl halides is 1. The second-order valence-electron chi connectivity index (χ2n) is 2.24. The highest BCUT2D eigenvalue weighted by molar-refractivity contribution is 5.89. The Bertz CT molecular complexity index is 319. The molecular weight excluding hydrogens is 191 g/mol. The van der Waals surface area contributed by atoms with Crippen molar-refractivity contribution in [2.24, 2.45) is 0 Å². The van der Waals surface area contributed by atoms with Crippen molar-refractivity contribution < 1.29 is 18.7 Å². The zero-order valence-corrected chi connectivity index (χ0v) is 7.57. The number of halogens is 1. The molecule has 0 radical (unpaired) electrons. The second-order valence-corrected chi connectivity index (χ2v) is 2.24. The van der Waals surface area contributed by atoms with Gasteiger partial charge in [-0.3, -0.25) is 0 Å². The molecule has 0 fully saturated rings. The van der Waals surface area contributed by atoms with Gasteiger partial charge in [-0.15, -0.1) is 0 Å². The van der Waals surface area contributed by atoms with Crippen LogP contribution in [0.1, 0.15) is 10.5 Å². The van der Waals surface area contributed by atoms with Gasteiger partial charge in [-0.2, -0.15) is 0 Å². The second kappa shape index (κ2) is 5.11. The van der Waals surface area contributed by atoms with Crippen molar-refractivity contribution in [2.45, 2.75) is 0 Å². The van der Waals surface area contributed by atoms with Crippen LogP contribution in [0.15, 0.2) is 12.4 Å². The van der Waals surface area contributed by atoms with E-state index in [1.807, 2.05) is 0 Å². The summed E-state index contributed by atoms with van der Waals surface area (Å²) < 4.78 is 21.1. The Labute approximate surface area is 79.9 Å². The van der Waals surface area contributed by atoms with E-state index in [0.29, 0.717) is 0 Å². The molecule has 0 aromatic carbocycles. The maximum atomic E-state index is 11.8. The number of methoxy groups -OCH3 is 1. The maximum absolute atomic E-state index is 11.8. The summed E-state index contributed by atoms with van der Waals surface area (Å²) in [6.07, 6.45) is 2.68. The lowest BCUT2D eigenvalue weighted by Gasteiger charge is -2.05. The summed E-state index contributed by atoms with van der Waals surface area (Å²) in [7, 11) is 1.22. The molecule has 0 unspecified atom stereocenters. The van der Waals surface area contributed by atoms with Crippen LogP contribution in [-0.4, -0.2) is 36.3 Å². The zero-order chi connectivity index (χ0) is 10.4. The molecular formula is C8H9FN2O3. The predicted molar refractivity (Wildman–Crippen MR) is 44.8 cm³/mol. The topological polar surface area (TPSA) is 61.3 Å². The molecule has 6 heteroatoms. The van der Waals surface area contributed by atoms with Crippen molar-refractivity contribution in [1.29, 1.82) is 0 Å². The number of hydrogen-bond acceptors (Lipinski definition) is 5. The van der Waals surface area contributed by atoms with E-state index in [-0.39, 0.29) is 18.2 Å². The van der Waals surface area contributed by atoms with Crippen LogP contribution in [0.5, 0.6) is 5.88 Å². The number of hydrogen-bond donors (Lipinski definition) is 0. The van der Waals surface area contributed by atoms with Crippen LogP contribution in [0.4, 0.5) is 4.39 Å². The number of aromatic nitrogens is 2. The molecule has 76 valence electrons. The predicted octanol–water partition coefficient (Wildman–Crippen LogP) is 0.611. The highest BCUT2D eigenvalue weighted by Crippen LogP contribution is 2.11. The van der Waals surface area contributed by atoms with Crippen molar-refractivity contribution in [3.63, 3.8) is 0 Å². The molecule has 1 rings (SSSR count). The largest absolute Gasteiger partial charge is 0.473 e. The lowest BCUT2D eigenvalue weighted by atomic mass is 10.4. The molecule has 1 heterocycles. The summed E-state index contributed by atoms with van der Waals surface area (Å²) in [6.45, 7) is -0.820. The number of esters is 1. The van der Waals surface area contributed by atoms with Gasteiger partial charge in [-0.1, -0.05) is 0 Å². The van der Waals surface area contributed by atoms with E-state index in [2.05, 4.69) is 14.7 Å². The molecule has 0 aliphatic heterocycles. The number of ether oxygens (including phenoxy) is 2. The van der Waals surface area contributed by atoms with Crippen LogP contribution in [0.25, 0.3) is 0 Å². The highest BCUT2D eigenvalue weighted by atomic mass is 19.1. The van der Waals surface area contributed by atoms with Gasteiger partial charge in [0.25, 0.3) is 0 Å². The lowest BCUT2D eigenvalue weighted by molar-refractivity contribution is 0.0587. The molecule has 1 aromatic rings. The van der Waals surface area contributed by atoms with Crippen LogP contribution < -0.4 is 4.74 Å². The number of rotatable bonds is 4. The summed E-state index contributed by atoms with van der Waals surface area (Å²) >= 11 is 0. The smallest absolute Gasteiger partial charge is 0.362 e. The molecule has 0 aliphatic rings. The number of nitrogens with zero attached hydrogens (tertiary/aromatic N) is 2. The van der Waals surface area contributed by atoms with Gasteiger partial charge in [0.1, 0.15) is 13.3 Å². The van der Waals surface area contributed by atoms with E-state index in [0.717, 1.165) is 0 Å². The highest BCUT2D eigenvalue weighted by Gasteiger charge is 2.15. The molecule has 0 saturated heterocycles. The molecule has 0 N–H and O–H groups in total. The normalized spacial score (nSPS) is 9.57. The summed E-state index contributed by atoms with van der Waals surface area (Å²) in [5.41, 5.74) is -0.0524. The van der Waals surface area contributed by atoms with Crippen LogP contribution in [-0.2, 0) is 4.74 Å². The van der Waals surface area contributed by atoms with E-state index in [4.69, 9.17) is 4.74 Å². The fraction of sp³-hybridized carbons (Fsp3) is 0.375. The number of carbonyl (C=O) groups excluding carboxylic acids is 1. The van der Waals surface area contributed by atoms with E-state index >= 15 is 0 Å². The molecule has 0 bridgehead atoms. The fourth-order valence-electron chi connectivity index (χ4n) is 0.803. The Morgan fingerprint density at radius 3 is 2.86 bits per heavy atom. The summed E-state index contributed by atoms with van der Waals surface area (Å²) in [5, 5.41) is 0. The minimum atomic E-state index is -0.660. The molecule has 5 nitrogen and oxygen atoms in total. The SMILES string of the molecule is COC(=O)c1nccnc1OCCF. The monoisotopic (exact) mass is 200 g/mol. The molecule has 0 saturated carbocycles. The van der Waals surface area contributed by atoms with Gasteiger partial charge < -0.3 is 9.47 Å². The minimum Gasteiger partial charge on any atom is -0.473 e. The van der Waals surface area contributed by atoms with Crippen LogP contribution in [0.2, 0.25) is 0 Å². The first kappa shape index (κ1) is 10.4. The molecule has 14 heavy (non-hydrogen) atoms. The Hall–Kier alpha value is -1.72. The zero-order valence-electron chi connectivity index (χ0n) is 7.57. The van der Waals surface area contributed by atoms with Gasteiger partial charge in [0.2, 0.25) is 11.6 Å². The first-order chi connectivity index (χ1) is 6.79.